The molecule has 1 unspecified atom stereocenters. The van der Waals surface area contributed by atoms with Crippen LogP contribution in [0.15, 0.2) is 24.3 Å². The standard InChI is InChI=1S/C21H30O/c1-20(2,3)21-13-12-16-15-7-5-4-6-14(15)8-9-17(16)18(21)10-11-19(21)22/h4-7,16-19,22H,8-13H2,1-3H3/t16-,17-,18+,19?,21-/m1/s1. The van der Waals surface area contributed by atoms with E-state index in [1.54, 1.807) is 11.1 Å². The fourth-order valence-electron chi connectivity index (χ4n) is 6.60. The van der Waals surface area contributed by atoms with Gasteiger partial charge in [-0.1, -0.05) is 45.0 Å². The Kier molecular flexibility index (Phi) is 3.24. The second-order valence-corrected chi connectivity index (χ2v) is 9.04. The maximum atomic E-state index is 10.9. The van der Waals surface area contributed by atoms with Crippen molar-refractivity contribution in [1.29, 1.82) is 0 Å². The summed E-state index contributed by atoms with van der Waals surface area (Å²) >= 11 is 0. The molecule has 0 amide bonds. The molecule has 0 spiro atoms. The van der Waals surface area contributed by atoms with Gasteiger partial charge < -0.3 is 5.11 Å². The van der Waals surface area contributed by atoms with Crippen LogP contribution in [0.1, 0.15) is 69.9 Å². The fourth-order valence-corrected chi connectivity index (χ4v) is 6.60. The molecule has 1 N–H and O–H groups in total. The second-order valence-electron chi connectivity index (χ2n) is 9.04. The Morgan fingerprint density at radius 3 is 2.59 bits per heavy atom. The summed E-state index contributed by atoms with van der Waals surface area (Å²) in [4.78, 5) is 0. The highest BCUT2D eigenvalue weighted by Gasteiger charge is 2.61. The Hall–Kier alpha value is -0.820. The number of benzene rings is 1. The van der Waals surface area contributed by atoms with Crippen LogP contribution < -0.4 is 0 Å². The number of rotatable bonds is 0. The minimum atomic E-state index is -0.0874. The van der Waals surface area contributed by atoms with Gasteiger partial charge in [0.1, 0.15) is 0 Å². The van der Waals surface area contributed by atoms with Gasteiger partial charge in [-0.25, -0.2) is 0 Å². The molecule has 22 heavy (non-hydrogen) atoms. The highest BCUT2D eigenvalue weighted by atomic mass is 16.3. The maximum Gasteiger partial charge on any atom is 0.0604 e. The lowest BCUT2D eigenvalue weighted by atomic mass is 9.48. The summed E-state index contributed by atoms with van der Waals surface area (Å²) in [6, 6.07) is 9.12. The van der Waals surface area contributed by atoms with E-state index < -0.39 is 0 Å². The van der Waals surface area contributed by atoms with E-state index in [-0.39, 0.29) is 16.9 Å². The average molecular weight is 298 g/mol. The van der Waals surface area contributed by atoms with Crippen molar-refractivity contribution in [3.05, 3.63) is 35.4 Å². The molecule has 3 aliphatic carbocycles. The summed E-state index contributed by atoms with van der Waals surface area (Å²) in [7, 11) is 0. The molecule has 0 aliphatic heterocycles. The molecule has 0 aromatic heterocycles. The third kappa shape index (κ3) is 1.81. The molecule has 1 heteroatoms. The summed E-state index contributed by atoms with van der Waals surface area (Å²) in [5.74, 6) is 2.25. The van der Waals surface area contributed by atoms with E-state index in [0.717, 1.165) is 24.2 Å². The molecule has 0 radical (unpaired) electrons. The first-order valence-corrected chi connectivity index (χ1v) is 9.21. The average Bonchev–Trinajstić information content (AvgIpc) is 2.85. The maximum absolute atomic E-state index is 10.9. The molecule has 120 valence electrons. The third-order valence-electron chi connectivity index (χ3n) is 7.51. The fraction of sp³-hybridized carbons (Fsp3) is 0.714. The molecule has 3 aliphatic rings. The van der Waals surface area contributed by atoms with Crippen molar-refractivity contribution in [1.82, 2.24) is 0 Å². The van der Waals surface area contributed by atoms with Gasteiger partial charge in [0.05, 0.1) is 6.10 Å². The van der Waals surface area contributed by atoms with Crippen molar-refractivity contribution in [3.63, 3.8) is 0 Å². The minimum absolute atomic E-state index is 0.0874. The largest absolute Gasteiger partial charge is 0.393 e. The Morgan fingerprint density at radius 2 is 1.82 bits per heavy atom. The third-order valence-corrected chi connectivity index (χ3v) is 7.51. The topological polar surface area (TPSA) is 20.2 Å². The van der Waals surface area contributed by atoms with Gasteiger partial charge in [0, 0.05) is 5.41 Å². The van der Waals surface area contributed by atoms with Gasteiger partial charge in [-0.05, 0) is 72.8 Å². The van der Waals surface area contributed by atoms with E-state index in [0.29, 0.717) is 0 Å². The Labute approximate surface area is 135 Å². The van der Waals surface area contributed by atoms with E-state index in [9.17, 15) is 5.11 Å². The van der Waals surface area contributed by atoms with Gasteiger partial charge in [-0.15, -0.1) is 0 Å². The zero-order chi connectivity index (χ0) is 15.5. The van der Waals surface area contributed by atoms with Gasteiger partial charge in [0.25, 0.3) is 0 Å². The van der Waals surface area contributed by atoms with Gasteiger partial charge in [0.15, 0.2) is 0 Å². The zero-order valence-corrected chi connectivity index (χ0v) is 14.3. The summed E-state index contributed by atoms with van der Waals surface area (Å²) in [5, 5.41) is 10.9. The van der Waals surface area contributed by atoms with E-state index >= 15 is 0 Å². The predicted molar refractivity (Wildman–Crippen MR) is 90.8 cm³/mol. The van der Waals surface area contributed by atoms with Crippen LogP contribution in [0.5, 0.6) is 0 Å². The van der Waals surface area contributed by atoms with Crippen molar-refractivity contribution in [2.45, 2.75) is 71.3 Å². The highest BCUT2D eigenvalue weighted by molar-refractivity contribution is 5.35. The van der Waals surface area contributed by atoms with Crippen molar-refractivity contribution >= 4 is 0 Å². The molecular weight excluding hydrogens is 268 g/mol. The number of aliphatic hydroxyl groups is 1. The zero-order valence-electron chi connectivity index (χ0n) is 14.3. The molecule has 5 atom stereocenters. The smallest absolute Gasteiger partial charge is 0.0604 e. The predicted octanol–water partition coefficient (Wildman–Crippen LogP) is 4.93. The quantitative estimate of drug-likeness (QED) is 0.720. The first-order chi connectivity index (χ1) is 10.4. The van der Waals surface area contributed by atoms with Crippen LogP contribution >= 0.6 is 0 Å². The monoisotopic (exact) mass is 298 g/mol. The molecule has 1 aromatic carbocycles. The summed E-state index contributed by atoms with van der Waals surface area (Å²) in [6.07, 6.45) is 7.22. The van der Waals surface area contributed by atoms with Crippen LogP contribution in [0.4, 0.5) is 0 Å². The Morgan fingerprint density at radius 1 is 1.05 bits per heavy atom. The van der Waals surface area contributed by atoms with E-state index in [2.05, 4.69) is 45.0 Å². The molecule has 0 saturated heterocycles. The van der Waals surface area contributed by atoms with Crippen LogP contribution in [0.2, 0.25) is 0 Å². The van der Waals surface area contributed by atoms with Crippen molar-refractivity contribution in [3.8, 4) is 0 Å². The van der Waals surface area contributed by atoms with E-state index in [1.807, 2.05) is 0 Å². The summed E-state index contributed by atoms with van der Waals surface area (Å²) < 4.78 is 0. The van der Waals surface area contributed by atoms with Crippen molar-refractivity contribution < 1.29 is 5.11 Å². The molecule has 1 nitrogen and oxygen atoms in total. The first kappa shape index (κ1) is 14.8. The molecule has 0 bridgehead atoms. The van der Waals surface area contributed by atoms with E-state index in [1.165, 1.54) is 32.1 Å². The van der Waals surface area contributed by atoms with E-state index in [4.69, 9.17) is 0 Å². The van der Waals surface area contributed by atoms with Gasteiger partial charge in [-0.3, -0.25) is 0 Å². The number of aliphatic hydroxyl groups excluding tert-OH is 1. The number of aryl methyl sites for hydroxylation is 1. The van der Waals surface area contributed by atoms with Crippen LogP contribution in [0.3, 0.4) is 0 Å². The number of fused-ring (bicyclic) bond motifs is 5. The lowest BCUT2D eigenvalue weighted by Crippen LogP contribution is -2.53. The SMILES string of the molecule is CC(C)(C)[C@]12CC[C@@H]3c4ccccc4CC[C@H]3[C@@H]1CCC2O. The second kappa shape index (κ2) is 4.84. The first-order valence-electron chi connectivity index (χ1n) is 9.21. The number of hydrogen-bond donors (Lipinski definition) is 1. The molecule has 4 rings (SSSR count). The molecular formula is C21H30O. The molecule has 2 saturated carbocycles. The lowest BCUT2D eigenvalue weighted by Gasteiger charge is -2.57. The molecule has 0 heterocycles. The normalized spacial score (nSPS) is 40.7. The Balaban J connectivity index is 1.75. The minimum Gasteiger partial charge on any atom is -0.393 e. The van der Waals surface area contributed by atoms with Crippen LogP contribution in [0, 0.1) is 22.7 Å². The van der Waals surface area contributed by atoms with Gasteiger partial charge in [-0.2, -0.15) is 0 Å². The van der Waals surface area contributed by atoms with Crippen LogP contribution in [-0.4, -0.2) is 11.2 Å². The van der Waals surface area contributed by atoms with Crippen molar-refractivity contribution in [2.24, 2.45) is 22.7 Å². The number of hydrogen-bond acceptors (Lipinski definition) is 1. The van der Waals surface area contributed by atoms with Crippen LogP contribution in [0.25, 0.3) is 0 Å². The molecule has 1 aromatic rings. The summed E-state index contributed by atoms with van der Waals surface area (Å²) in [6.45, 7) is 7.10. The highest BCUT2D eigenvalue weighted by Crippen LogP contribution is 2.66. The summed E-state index contributed by atoms with van der Waals surface area (Å²) in [5.41, 5.74) is 3.57. The van der Waals surface area contributed by atoms with Gasteiger partial charge in [0.2, 0.25) is 0 Å². The Bertz CT molecular complexity index is 570. The van der Waals surface area contributed by atoms with Gasteiger partial charge >= 0.3 is 0 Å². The lowest BCUT2D eigenvalue weighted by molar-refractivity contribution is -0.109. The molecule has 2 fully saturated rings. The van der Waals surface area contributed by atoms with Crippen LogP contribution in [-0.2, 0) is 6.42 Å². The van der Waals surface area contributed by atoms with Crippen molar-refractivity contribution in [2.75, 3.05) is 0 Å².